The number of carbonyl (C=O) groups is 3. The zero-order valence-electron chi connectivity index (χ0n) is 11.2. The zero-order valence-corrected chi connectivity index (χ0v) is 11.2. The summed E-state index contributed by atoms with van der Waals surface area (Å²) in [6.07, 6.45) is 0. The topological polar surface area (TPSA) is 111 Å². The van der Waals surface area contributed by atoms with Gasteiger partial charge in [0.25, 0.3) is 0 Å². The maximum absolute atomic E-state index is 11.5. The minimum Gasteiger partial charge on any atom is -0.464 e. The normalized spacial score (nSPS) is 12.5. The molecule has 0 radical (unpaired) electrons. The molecule has 0 bridgehead atoms. The van der Waals surface area contributed by atoms with Gasteiger partial charge < -0.3 is 21.1 Å². The smallest absolute Gasteiger partial charge is 0.332 e. The molecular formula is C11H21N3O4. The van der Waals surface area contributed by atoms with E-state index in [0.717, 1.165) is 0 Å². The minimum atomic E-state index is -1.37. The first kappa shape index (κ1) is 16.4. The van der Waals surface area contributed by atoms with Crippen LogP contribution in [-0.4, -0.2) is 44.0 Å². The Hall–Kier alpha value is -1.63. The molecule has 4 N–H and O–H groups in total. The average Bonchev–Trinajstić information content (AvgIpc) is 2.34. The first-order valence-corrected chi connectivity index (χ1v) is 5.68. The Morgan fingerprint density at radius 3 is 2.33 bits per heavy atom. The van der Waals surface area contributed by atoms with Crippen molar-refractivity contribution in [3.8, 4) is 0 Å². The van der Waals surface area contributed by atoms with Crippen LogP contribution >= 0.6 is 0 Å². The second-order valence-corrected chi connectivity index (χ2v) is 4.41. The van der Waals surface area contributed by atoms with Gasteiger partial charge in [-0.15, -0.1) is 0 Å². The maximum atomic E-state index is 11.5. The molecule has 7 heteroatoms. The van der Waals surface area contributed by atoms with Crippen LogP contribution in [0.4, 0.5) is 0 Å². The summed E-state index contributed by atoms with van der Waals surface area (Å²) in [6, 6.07) is -1.37. The van der Waals surface area contributed by atoms with Crippen LogP contribution in [0.15, 0.2) is 0 Å². The highest BCUT2D eigenvalue weighted by atomic mass is 16.5. The molecule has 1 atom stereocenters. The first-order chi connectivity index (χ1) is 8.26. The molecule has 0 aliphatic rings. The highest BCUT2D eigenvalue weighted by molar-refractivity contribution is 6.01. The van der Waals surface area contributed by atoms with Crippen LogP contribution in [0.25, 0.3) is 0 Å². The van der Waals surface area contributed by atoms with Crippen LogP contribution in [0, 0.1) is 5.41 Å². The lowest BCUT2D eigenvalue weighted by Gasteiger charge is -2.23. The number of hydrogen-bond donors (Lipinski definition) is 3. The molecule has 0 fully saturated rings. The van der Waals surface area contributed by atoms with Crippen molar-refractivity contribution in [1.82, 2.24) is 10.6 Å². The molecule has 0 rings (SSSR count). The second kappa shape index (κ2) is 6.95. The van der Waals surface area contributed by atoms with Crippen molar-refractivity contribution in [3.05, 3.63) is 0 Å². The Balaban J connectivity index is 4.34. The quantitative estimate of drug-likeness (QED) is 0.408. The Bertz CT molecular complexity index is 328. The van der Waals surface area contributed by atoms with E-state index < -0.39 is 23.3 Å². The first-order valence-electron chi connectivity index (χ1n) is 5.68. The Morgan fingerprint density at radius 1 is 1.33 bits per heavy atom. The molecule has 2 amide bonds. The Kier molecular flexibility index (Phi) is 6.32. The lowest BCUT2D eigenvalue weighted by molar-refractivity contribution is -0.148. The molecule has 0 aliphatic heterocycles. The van der Waals surface area contributed by atoms with E-state index in [1.807, 2.05) is 0 Å². The maximum Gasteiger partial charge on any atom is 0.332 e. The minimum absolute atomic E-state index is 0.0820. The number of ether oxygens (including phenoxy) is 1. The molecule has 104 valence electrons. The van der Waals surface area contributed by atoms with Gasteiger partial charge in [0.2, 0.25) is 11.8 Å². The predicted molar refractivity (Wildman–Crippen MR) is 65.5 cm³/mol. The molecule has 18 heavy (non-hydrogen) atoms. The summed E-state index contributed by atoms with van der Waals surface area (Å²) in [7, 11) is 1.51. The van der Waals surface area contributed by atoms with Crippen molar-refractivity contribution in [1.29, 1.82) is 0 Å². The fourth-order valence-electron chi connectivity index (χ4n) is 1.18. The average molecular weight is 259 g/mol. The van der Waals surface area contributed by atoms with Gasteiger partial charge in [-0.25, -0.2) is 4.79 Å². The van der Waals surface area contributed by atoms with Gasteiger partial charge in [-0.1, -0.05) is 0 Å². The standard InChI is InChI=1S/C11H21N3O4/c1-5-18-9(16)7(12)8(15)14-6-11(2,3)10(17)13-4/h7H,5-6,12H2,1-4H3,(H,13,17)(H,14,15). The highest BCUT2D eigenvalue weighted by Gasteiger charge is 2.29. The second-order valence-electron chi connectivity index (χ2n) is 4.41. The van der Waals surface area contributed by atoms with Crippen LogP contribution < -0.4 is 16.4 Å². The molecule has 1 unspecified atom stereocenters. The van der Waals surface area contributed by atoms with Crippen molar-refractivity contribution >= 4 is 17.8 Å². The van der Waals surface area contributed by atoms with Crippen molar-refractivity contribution in [2.45, 2.75) is 26.8 Å². The van der Waals surface area contributed by atoms with E-state index in [1.54, 1.807) is 20.8 Å². The van der Waals surface area contributed by atoms with Gasteiger partial charge >= 0.3 is 5.97 Å². The molecule has 7 nitrogen and oxygen atoms in total. The third-order valence-electron chi connectivity index (χ3n) is 2.37. The molecule has 0 aromatic heterocycles. The van der Waals surface area contributed by atoms with Crippen molar-refractivity contribution in [2.24, 2.45) is 11.1 Å². The van der Waals surface area contributed by atoms with Gasteiger partial charge in [0.1, 0.15) is 0 Å². The third-order valence-corrected chi connectivity index (χ3v) is 2.37. The highest BCUT2D eigenvalue weighted by Crippen LogP contribution is 2.12. The molecular weight excluding hydrogens is 238 g/mol. The lowest BCUT2D eigenvalue weighted by Crippen LogP contribution is -2.51. The molecule has 0 saturated heterocycles. The van der Waals surface area contributed by atoms with E-state index in [-0.39, 0.29) is 19.1 Å². The fraction of sp³-hybridized carbons (Fsp3) is 0.727. The van der Waals surface area contributed by atoms with Gasteiger partial charge in [-0.05, 0) is 20.8 Å². The van der Waals surface area contributed by atoms with Crippen LogP contribution in [0.2, 0.25) is 0 Å². The van der Waals surface area contributed by atoms with E-state index in [4.69, 9.17) is 5.73 Å². The molecule has 0 aromatic rings. The van der Waals surface area contributed by atoms with Gasteiger partial charge in [0.15, 0.2) is 6.04 Å². The Morgan fingerprint density at radius 2 is 1.89 bits per heavy atom. The summed E-state index contributed by atoms with van der Waals surface area (Å²) >= 11 is 0. The number of hydrogen-bond acceptors (Lipinski definition) is 5. The summed E-state index contributed by atoms with van der Waals surface area (Å²) in [5.74, 6) is -1.66. The zero-order chi connectivity index (χ0) is 14.3. The summed E-state index contributed by atoms with van der Waals surface area (Å²) < 4.78 is 4.62. The van der Waals surface area contributed by atoms with Gasteiger partial charge in [0.05, 0.1) is 12.0 Å². The van der Waals surface area contributed by atoms with Gasteiger partial charge in [-0.3, -0.25) is 9.59 Å². The predicted octanol–water partition coefficient (Wildman–Crippen LogP) is -1.23. The van der Waals surface area contributed by atoms with E-state index in [9.17, 15) is 14.4 Å². The summed E-state index contributed by atoms with van der Waals surface area (Å²) in [4.78, 5) is 34.2. The number of amides is 2. The van der Waals surface area contributed by atoms with Crippen LogP contribution in [0.3, 0.4) is 0 Å². The Labute approximate surface area is 106 Å². The number of nitrogens with one attached hydrogen (secondary N) is 2. The molecule has 0 aliphatic carbocycles. The van der Waals surface area contributed by atoms with E-state index >= 15 is 0 Å². The molecule has 0 aromatic carbocycles. The fourth-order valence-corrected chi connectivity index (χ4v) is 1.18. The van der Waals surface area contributed by atoms with Crippen molar-refractivity contribution in [3.63, 3.8) is 0 Å². The van der Waals surface area contributed by atoms with Crippen LogP contribution in [-0.2, 0) is 19.1 Å². The summed E-state index contributed by atoms with van der Waals surface area (Å²) in [5.41, 5.74) is 4.62. The van der Waals surface area contributed by atoms with E-state index in [0.29, 0.717) is 0 Å². The van der Waals surface area contributed by atoms with E-state index in [2.05, 4.69) is 15.4 Å². The van der Waals surface area contributed by atoms with Crippen molar-refractivity contribution < 1.29 is 19.1 Å². The monoisotopic (exact) mass is 259 g/mol. The molecule has 0 spiro atoms. The number of esters is 1. The van der Waals surface area contributed by atoms with Crippen molar-refractivity contribution in [2.75, 3.05) is 20.2 Å². The number of nitrogens with two attached hydrogens (primary N) is 1. The van der Waals surface area contributed by atoms with Crippen LogP contribution in [0.1, 0.15) is 20.8 Å². The molecule has 0 heterocycles. The SMILES string of the molecule is CCOC(=O)C(N)C(=O)NCC(C)(C)C(=O)NC. The molecule has 0 saturated carbocycles. The lowest BCUT2D eigenvalue weighted by atomic mass is 9.92. The number of rotatable bonds is 6. The number of carbonyl (C=O) groups excluding carboxylic acids is 3. The summed E-state index contributed by atoms with van der Waals surface area (Å²) in [5, 5.41) is 4.94. The van der Waals surface area contributed by atoms with Gasteiger partial charge in [0, 0.05) is 13.6 Å². The van der Waals surface area contributed by atoms with Crippen LogP contribution in [0.5, 0.6) is 0 Å². The summed E-state index contributed by atoms with van der Waals surface area (Å²) in [6.45, 7) is 5.20. The van der Waals surface area contributed by atoms with Gasteiger partial charge in [-0.2, -0.15) is 0 Å². The van der Waals surface area contributed by atoms with E-state index in [1.165, 1.54) is 7.05 Å². The third kappa shape index (κ3) is 4.70. The largest absolute Gasteiger partial charge is 0.464 e.